The second-order valence-corrected chi connectivity index (χ2v) is 2.33. The van der Waals surface area contributed by atoms with Crippen LogP contribution in [-0.4, -0.2) is 0 Å². The summed E-state index contributed by atoms with van der Waals surface area (Å²) in [4.78, 5) is 0. The van der Waals surface area contributed by atoms with E-state index in [2.05, 4.69) is 38.7 Å². The fourth-order valence-electron chi connectivity index (χ4n) is 0.447. The molecule has 1 aliphatic carbocycles. The first-order chi connectivity index (χ1) is 2.89. The zero-order valence-electron chi connectivity index (χ0n) is 3.85. The molecule has 1 aliphatic rings. The Labute approximate surface area is 61.5 Å². The number of halogens is 1. The van der Waals surface area contributed by atoms with E-state index in [9.17, 15) is 0 Å². The summed E-state index contributed by atoms with van der Waals surface area (Å²) in [5.74, 6) is 0. The van der Waals surface area contributed by atoms with Gasteiger partial charge >= 0.3 is 49.0 Å². The van der Waals surface area contributed by atoms with Gasteiger partial charge in [0, 0.05) is 0 Å². The van der Waals surface area contributed by atoms with E-state index in [0.717, 1.165) is 0 Å². The molecule has 0 aromatic rings. The van der Waals surface area contributed by atoms with Gasteiger partial charge in [0.2, 0.25) is 0 Å². The van der Waals surface area contributed by atoms with Crippen molar-refractivity contribution < 1.29 is 20.4 Å². The summed E-state index contributed by atoms with van der Waals surface area (Å²) in [6, 6.07) is 0. The molecule has 0 fully saturated rings. The molecule has 0 saturated heterocycles. The van der Waals surface area contributed by atoms with E-state index in [-0.39, 0.29) is 12.4 Å². The Hall–Kier alpha value is 0.484. The zero-order valence-corrected chi connectivity index (χ0v) is 6.23. The molecule has 0 aromatic heterocycles. The average molecular weight is 149 g/mol. The van der Waals surface area contributed by atoms with E-state index < -0.39 is 0 Å². The van der Waals surface area contributed by atoms with Crippen molar-refractivity contribution in [3.8, 4) is 0 Å². The summed E-state index contributed by atoms with van der Waals surface area (Å²) >= 11 is 2.14. The average Bonchev–Trinajstić information content (AvgIpc) is 1.86. The molecule has 0 aromatic carbocycles. The van der Waals surface area contributed by atoms with Gasteiger partial charge in [0.15, 0.2) is 0 Å². The predicted molar refractivity (Wildman–Crippen MR) is 29.1 cm³/mol. The van der Waals surface area contributed by atoms with Crippen LogP contribution in [0.25, 0.3) is 0 Å². The Morgan fingerprint density at radius 1 is 1.57 bits per heavy atom. The summed E-state index contributed by atoms with van der Waals surface area (Å²) < 4.78 is 1.47. The van der Waals surface area contributed by atoms with Crippen molar-refractivity contribution in [2.45, 2.75) is 6.42 Å². The van der Waals surface area contributed by atoms with Crippen LogP contribution < -0.4 is 0 Å². The zero-order chi connectivity index (χ0) is 4.41. The summed E-state index contributed by atoms with van der Waals surface area (Å²) in [7, 11) is 0. The van der Waals surface area contributed by atoms with Gasteiger partial charge in [0.05, 0.1) is 0 Å². The van der Waals surface area contributed by atoms with Gasteiger partial charge in [-0.1, -0.05) is 0 Å². The van der Waals surface area contributed by atoms with Crippen molar-refractivity contribution in [1.82, 2.24) is 0 Å². The molecule has 0 saturated carbocycles. The van der Waals surface area contributed by atoms with Crippen molar-refractivity contribution in [2.75, 3.05) is 0 Å². The second kappa shape index (κ2) is 3.48. The Morgan fingerprint density at radius 3 is 2.43 bits per heavy atom. The van der Waals surface area contributed by atoms with Crippen molar-refractivity contribution in [1.29, 1.82) is 0 Å². The van der Waals surface area contributed by atoms with Crippen LogP contribution in [0.4, 0.5) is 0 Å². The molecule has 0 bridgehead atoms. The molecule has 0 spiro atoms. The van der Waals surface area contributed by atoms with Gasteiger partial charge in [-0.15, -0.1) is 12.4 Å². The molecule has 0 N–H and O–H groups in total. The van der Waals surface area contributed by atoms with Gasteiger partial charge in [-0.3, -0.25) is 0 Å². The number of hydrogen-bond acceptors (Lipinski definition) is 0. The predicted octanol–water partition coefficient (Wildman–Crippen LogP) is 1.80. The van der Waals surface area contributed by atoms with E-state index in [1.54, 1.807) is 0 Å². The molecule has 0 aliphatic heterocycles. The number of allylic oxidation sites excluding steroid dienone is 4. The monoisotopic (exact) mass is 149 g/mol. The van der Waals surface area contributed by atoms with Crippen molar-refractivity contribution in [3.05, 3.63) is 22.1 Å². The molecule has 37 valence electrons. The minimum atomic E-state index is 0. The topological polar surface area (TPSA) is 0 Å². The van der Waals surface area contributed by atoms with E-state index in [4.69, 9.17) is 0 Å². The van der Waals surface area contributed by atoms with Gasteiger partial charge in [0.1, 0.15) is 0 Å². The van der Waals surface area contributed by atoms with Crippen LogP contribution in [0.2, 0.25) is 0 Å². The van der Waals surface area contributed by atoms with Crippen LogP contribution >= 0.6 is 12.4 Å². The van der Waals surface area contributed by atoms with Gasteiger partial charge in [-0.05, 0) is 0 Å². The van der Waals surface area contributed by atoms with Crippen LogP contribution in [-0.2, 0) is 20.4 Å². The second-order valence-electron chi connectivity index (χ2n) is 1.32. The Kier molecular flexibility index (Phi) is 3.72. The SMILES string of the molecule is Cl.[Ti][C]1=CC=CC1. The van der Waals surface area contributed by atoms with Gasteiger partial charge in [-0.2, -0.15) is 0 Å². The summed E-state index contributed by atoms with van der Waals surface area (Å²) in [6.45, 7) is 0. The van der Waals surface area contributed by atoms with Crippen LogP contribution in [0, 0.1) is 0 Å². The summed E-state index contributed by atoms with van der Waals surface area (Å²) in [5.41, 5.74) is 0. The molecule has 0 heterocycles. The summed E-state index contributed by atoms with van der Waals surface area (Å²) in [5, 5.41) is 0. The van der Waals surface area contributed by atoms with E-state index in [0.29, 0.717) is 0 Å². The minimum absolute atomic E-state index is 0. The molecule has 0 nitrogen and oxygen atoms in total. The molecule has 7 heavy (non-hydrogen) atoms. The van der Waals surface area contributed by atoms with E-state index in [1.165, 1.54) is 10.3 Å². The Morgan fingerprint density at radius 2 is 2.29 bits per heavy atom. The molecule has 0 amide bonds. The quantitative estimate of drug-likeness (QED) is 0.461. The van der Waals surface area contributed by atoms with Crippen molar-refractivity contribution >= 4 is 12.4 Å². The maximum absolute atomic E-state index is 2.16. The van der Waals surface area contributed by atoms with Crippen LogP contribution in [0.5, 0.6) is 0 Å². The van der Waals surface area contributed by atoms with E-state index >= 15 is 0 Å². The number of hydrogen-bond donors (Lipinski definition) is 0. The van der Waals surface area contributed by atoms with Gasteiger partial charge in [0.25, 0.3) is 0 Å². The standard InChI is InChI=1S/C5H5.ClH.Ti/c1-2-4-5-3-1;;/h1-3H,4H2;1H;. The molecular formula is C5H6ClTi. The number of rotatable bonds is 0. The van der Waals surface area contributed by atoms with Crippen molar-refractivity contribution in [2.24, 2.45) is 0 Å². The molecule has 2 heteroatoms. The third-order valence-corrected chi connectivity index (χ3v) is 1.35. The fourth-order valence-corrected chi connectivity index (χ4v) is 0.782. The Bertz CT molecular complexity index is 105. The first-order valence-corrected chi connectivity index (χ1v) is 2.75. The first kappa shape index (κ1) is 7.48. The van der Waals surface area contributed by atoms with Crippen LogP contribution in [0.3, 0.4) is 0 Å². The molecule has 0 radical (unpaired) electrons. The molecule has 0 unspecified atom stereocenters. The van der Waals surface area contributed by atoms with Crippen LogP contribution in [0.1, 0.15) is 6.42 Å². The van der Waals surface area contributed by atoms with Gasteiger partial charge in [-0.25, -0.2) is 0 Å². The molecular weight excluding hydrogens is 143 g/mol. The van der Waals surface area contributed by atoms with Gasteiger partial charge < -0.3 is 0 Å². The first-order valence-electron chi connectivity index (χ1n) is 1.97. The molecule has 0 atom stereocenters. The maximum atomic E-state index is 2.16. The third kappa shape index (κ3) is 2.33. The van der Waals surface area contributed by atoms with E-state index in [1.807, 2.05) is 0 Å². The van der Waals surface area contributed by atoms with Crippen molar-refractivity contribution in [3.63, 3.8) is 0 Å². The van der Waals surface area contributed by atoms with Crippen LogP contribution in [0.15, 0.2) is 22.1 Å². The normalized spacial score (nSPS) is 15.6. The Balaban J connectivity index is 0.000000360. The molecule has 1 rings (SSSR count). The fraction of sp³-hybridized carbons (Fsp3) is 0.200. The third-order valence-electron chi connectivity index (χ3n) is 0.771. The summed E-state index contributed by atoms with van der Waals surface area (Å²) in [6.07, 6.45) is 7.56.